The molecule has 6 heterocycles. The highest BCUT2D eigenvalue weighted by Gasteiger charge is 2.40. The number of piperidine rings is 1. The molecule has 4 fully saturated rings. The van der Waals surface area contributed by atoms with Gasteiger partial charge in [-0.15, -0.1) is 0 Å². The average Bonchev–Trinajstić information content (AvgIpc) is 3.40. The number of amides is 1. The van der Waals surface area contributed by atoms with Crippen LogP contribution >= 0.6 is 0 Å². The van der Waals surface area contributed by atoms with E-state index in [1.54, 1.807) is 0 Å². The topological polar surface area (TPSA) is 101 Å². The Morgan fingerprint density at radius 1 is 1.07 bits per heavy atom. The maximum atomic E-state index is 12.8. The standard InChI is InChI=1S/C30H39N7O3/c1-39-30(5-8-34(9-6-30)25-19-40-20-25)23-2-3-26(32-17-23)22-16-28-27(4-7-33-37(28)18-22)35-10-12-36(13-11-35)29(38)21-14-24(31)15-21/h2-4,7,16-18,21,24-25H,5-6,8-15,19-20,31H2,1H3. The molecular formula is C30H39N7O3. The molecule has 0 atom stereocenters. The zero-order chi connectivity index (χ0) is 27.3. The summed E-state index contributed by atoms with van der Waals surface area (Å²) in [7, 11) is 1.82. The van der Waals surface area contributed by atoms with Crippen LogP contribution in [0.5, 0.6) is 0 Å². The molecule has 0 unspecified atom stereocenters. The van der Waals surface area contributed by atoms with Gasteiger partial charge in [-0.1, -0.05) is 6.07 Å². The number of rotatable bonds is 6. The lowest BCUT2D eigenvalue weighted by atomic mass is 9.80. The van der Waals surface area contributed by atoms with E-state index in [0.717, 1.165) is 106 Å². The van der Waals surface area contributed by atoms with Gasteiger partial charge in [0, 0.05) is 88.1 Å². The fourth-order valence-electron chi connectivity index (χ4n) is 6.83. The molecule has 10 nitrogen and oxygen atoms in total. The van der Waals surface area contributed by atoms with E-state index in [-0.39, 0.29) is 23.5 Å². The van der Waals surface area contributed by atoms with Gasteiger partial charge >= 0.3 is 0 Å². The van der Waals surface area contributed by atoms with Crippen LogP contribution in [-0.4, -0.2) is 102 Å². The Kier molecular flexibility index (Phi) is 6.74. The average molecular weight is 546 g/mol. The Bertz CT molecular complexity index is 1350. The number of nitrogens with zero attached hydrogens (tertiary/aromatic N) is 6. The number of carbonyl (C=O) groups excluding carboxylic acids is 1. The number of hydrogen-bond donors (Lipinski definition) is 1. The summed E-state index contributed by atoms with van der Waals surface area (Å²) in [5, 5.41) is 4.58. The second-order valence-electron chi connectivity index (χ2n) is 11.9. The van der Waals surface area contributed by atoms with Crippen LogP contribution in [0.2, 0.25) is 0 Å². The van der Waals surface area contributed by atoms with E-state index in [1.165, 1.54) is 0 Å². The van der Waals surface area contributed by atoms with E-state index in [9.17, 15) is 4.79 Å². The number of likely N-dealkylation sites (tertiary alicyclic amines) is 1. The van der Waals surface area contributed by atoms with Crippen molar-refractivity contribution in [1.29, 1.82) is 0 Å². The number of pyridine rings is 1. The molecule has 0 radical (unpaired) electrons. The highest BCUT2D eigenvalue weighted by Crippen LogP contribution is 2.38. The highest BCUT2D eigenvalue weighted by atomic mass is 16.5. The fourth-order valence-corrected chi connectivity index (χ4v) is 6.83. The molecule has 212 valence electrons. The lowest BCUT2D eigenvalue weighted by Gasteiger charge is -2.46. The molecule has 0 spiro atoms. The highest BCUT2D eigenvalue weighted by molar-refractivity contribution is 5.81. The van der Waals surface area contributed by atoms with Crippen LogP contribution in [0.25, 0.3) is 16.8 Å². The van der Waals surface area contributed by atoms with E-state index >= 15 is 0 Å². The Balaban J connectivity index is 1.05. The van der Waals surface area contributed by atoms with Gasteiger partial charge in [-0.05, 0) is 43.9 Å². The number of carbonyl (C=O) groups is 1. The predicted octanol–water partition coefficient (Wildman–Crippen LogP) is 2.12. The van der Waals surface area contributed by atoms with Gasteiger partial charge in [0.1, 0.15) is 0 Å². The zero-order valence-corrected chi connectivity index (χ0v) is 23.2. The fraction of sp³-hybridized carbons (Fsp3) is 0.567. The van der Waals surface area contributed by atoms with Crippen molar-refractivity contribution in [2.24, 2.45) is 11.7 Å². The minimum atomic E-state index is -0.291. The summed E-state index contributed by atoms with van der Waals surface area (Å²) in [5.74, 6) is 0.393. The lowest BCUT2D eigenvalue weighted by molar-refractivity contribution is -0.139. The molecule has 2 N–H and O–H groups in total. The number of nitrogens with two attached hydrogens (primary N) is 1. The first kappa shape index (κ1) is 25.9. The zero-order valence-electron chi connectivity index (χ0n) is 23.2. The van der Waals surface area contributed by atoms with E-state index in [2.05, 4.69) is 39.2 Å². The molecular weight excluding hydrogens is 506 g/mol. The van der Waals surface area contributed by atoms with Crippen molar-refractivity contribution in [2.75, 3.05) is 64.5 Å². The number of hydrogen-bond acceptors (Lipinski definition) is 8. The van der Waals surface area contributed by atoms with Gasteiger partial charge in [0.05, 0.1) is 41.8 Å². The maximum Gasteiger partial charge on any atom is 0.225 e. The van der Waals surface area contributed by atoms with Crippen molar-refractivity contribution in [2.45, 2.75) is 43.4 Å². The smallest absolute Gasteiger partial charge is 0.225 e. The van der Waals surface area contributed by atoms with Crippen LogP contribution in [0.4, 0.5) is 5.69 Å². The van der Waals surface area contributed by atoms with Gasteiger partial charge in [0.25, 0.3) is 0 Å². The second-order valence-corrected chi connectivity index (χ2v) is 11.9. The quantitative estimate of drug-likeness (QED) is 0.503. The van der Waals surface area contributed by atoms with Crippen molar-refractivity contribution in [3.8, 4) is 11.3 Å². The number of piperazine rings is 1. The summed E-state index contributed by atoms with van der Waals surface area (Å²) in [6, 6.07) is 9.28. The third-order valence-corrected chi connectivity index (χ3v) is 9.66. The van der Waals surface area contributed by atoms with Crippen LogP contribution in [0.1, 0.15) is 31.2 Å². The third kappa shape index (κ3) is 4.56. The molecule has 3 aliphatic heterocycles. The first-order valence-corrected chi connectivity index (χ1v) is 14.6. The second kappa shape index (κ2) is 10.4. The Hall–Kier alpha value is -3.05. The number of methoxy groups -OCH3 is 1. The SMILES string of the molecule is COC1(c2ccc(-c3cc4c(N5CCN(C(=O)C6CC(N)C6)CC5)ccnn4c3)nc2)CCN(C2COC2)CC1. The molecule has 1 aliphatic carbocycles. The van der Waals surface area contributed by atoms with Gasteiger partial charge < -0.3 is 25.0 Å². The number of ether oxygens (including phenoxy) is 2. The van der Waals surface area contributed by atoms with Crippen molar-refractivity contribution in [1.82, 2.24) is 24.4 Å². The first-order valence-electron chi connectivity index (χ1n) is 14.6. The van der Waals surface area contributed by atoms with Gasteiger partial charge in [-0.3, -0.25) is 14.7 Å². The van der Waals surface area contributed by atoms with Crippen LogP contribution in [0, 0.1) is 5.92 Å². The van der Waals surface area contributed by atoms with E-state index in [1.807, 2.05) is 35.1 Å². The molecule has 4 aliphatic rings. The first-order chi connectivity index (χ1) is 19.5. The molecule has 1 amide bonds. The van der Waals surface area contributed by atoms with Crippen molar-refractivity contribution < 1.29 is 14.3 Å². The van der Waals surface area contributed by atoms with E-state index < -0.39 is 0 Å². The monoisotopic (exact) mass is 545 g/mol. The lowest BCUT2D eigenvalue weighted by Crippen LogP contribution is -2.54. The summed E-state index contributed by atoms with van der Waals surface area (Å²) in [6.45, 7) is 6.83. The van der Waals surface area contributed by atoms with Gasteiger partial charge in [0.2, 0.25) is 5.91 Å². The molecule has 10 heteroatoms. The Labute approximate surface area is 235 Å². The molecule has 7 rings (SSSR count). The Morgan fingerprint density at radius 2 is 1.85 bits per heavy atom. The molecule has 3 saturated heterocycles. The predicted molar refractivity (Wildman–Crippen MR) is 152 cm³/mol. The van der Waals surface area contributed by atoms with Crippen LogP contribution in [0.15, 0.2) is 42.9 Å². The molecule has 40 heavy (non-hydrogen) atoms. The minimum Gasteiger partial charge on any atom is -0.378 e. The normalized spacial score (nSPS) is 25.6. The molecule has 0 aromatic carbocycles. The number of anilines is 1. The van der Waals surface area contributed by atoms with Gasteiger partial charge in [-0.2, -0.15) is 5.10 Å². The minimum absolute atomic E-state index is 0.121. The third-order valence-electron chi connectivity index (χ3n) is 9.66. The van der Waals surface area contributed by atoms with Crippen LogP contribution in [-0.2, 0) is 19.9 Å². The molecule has 0 bridgehead atoms. The van der Waals surface area contributed by atoms with Crippen LogP contribution in [0.3, 0.4) is 0 Å². The summed E-state index contributed by atoms with van der Waals surface area (Å²) < 4.78 is 13.4. The van der Waals surface area contributed by atoms with Crippen molar-refractivity contribution >= 4 is 17.1 Å². The van der Waals surface area contributed by atoms with Crippen molar-refractivity contribution in [3.63, 3.8) is 0 Å². The number of aromatic nitrogens is 3. The van der Waals surface area contributed by atoms with Crippen molar-refractivity contribution in [3.05, 3.63) is 48.4 Å². The van der Waals surface area contributed by atoms with E-state index in [4.69, 9.17) is 20.2 Å². The summed E-state index contributed by atoms with van der Waals surface area (Å²) in [6.07, 6.45) is 9.45. The molecule has 3 aromatic heterocycles. The summed E-state index contributed by atoms with van der Waals surface area (Å²) in [5.41, 5.74) is 10.9. The van der Waals surface area contributed by atoms with Gasteiger partial charge in [0.15, 0.2) is 0 Å². The summed E-state index contributed by atoms with van der Waals surface area (Å²) >= 11 is 0. The molecule has 1 saturated carbocycles. The summed E-state index contributed by atoms with van der Waals surface area (Å²) in [4.78, 5) is 24.6. The largest absolute Gasteiger partial charge is 0.378 e. The van der Waals surface area contributed by atoms with Gasteiger partial charge in [-0.25, -0.2) is 4.52 Å². The number of fused-ring (bicyclic) bond motifs is 1. The molecule has 3 aromatic rings. The maximum absolute atomic E-state index is 12.8. The Morgan fingerprint density at radius 3 is 2.48 bits per heavy atom. The van der Waals surface area contributed by atoms with E-state index in [0.29, 0.717) is 6.04 Å². The van der Waals surface area contributed by atoms with Crippen LogP contribution < -0.4 is 10.6 Å².